The molecule has 0 bridgehead atoms. The van der Waals surface area contributed by atoms with E-state index in [-0.39, 0.29) is 0 Å². The first kappa shape index (κ1) is 15.7. The van der Waals surface area contributed by atoms with Crippen molar-refractivity contribution in [2.45, 2.75) is 39.7 Å². The van der Waals surface area contributed by atoms with Gasteiger partial charge < -0.3 is 10.2 Å². The SMILES string of the molecule is Cc1cc(Nc2nc(N3CCC[C@H](C)[C@@H]3C)cnc2C#N)sn1. The smallest absolute Gasteiger partial charge is 0.183 e. The zero-order valence-corrected chi connectivity index (χ0v) is 14.4. The number of nitriles is 1. The van der Waals surface area contributed by atoms with E-state index in [4.69, 9.17) is 0 Å². The van der Waals surface area contributed by atoms with Crippen LogP contribution in [-0.2, 0) is 0 Å². The van der Waals surface area contributed by atoms with Crippen LogP contribution in [0.5, 0.6) is 0 Å². The van der Waals surface area contributed by atoms with Crippen molar-refractivity contribution < 1.29 is 0 Å². The molecule has 1 N–H and O–H groups in total. The van der Waals surface area contributed by atoms with Crippen LogP contribution in [-0.4, -0.2) is 26.9 Å². The van der Waals surface area contributed by atoms with Gasteiger partial charge in [-0.15, -0.1) is 0 Å². The lowest BCUT2D eigenvalue weighted by atomic mass is 9.92. The van der Waals surface area contributed by atoms with E-state index in [2.05, 4.69) is 44.5 Å². The molecule has 0 aromatic carbocycles. The van der Waals surface area contributed by atoms with Gasteiger partial charge in [0.2, 0.25) is 0 Å². The Balaban J connectivity index is 1.91. The Morgan fingerprint density at radius 1 is 1.43 bits per heavy atom. The molecule has 2 aromatic rings. The molecule has 1 aliphatic rings. The summed E-state index contributed by atoms with van der Waals surface area (Å²) in [5.74, 6) is 1.95. The standard InChI is InChI=1S/C16H20N6S/c1-10-5-4-6-22(12(10)3)14-9-18-13(8-17)16(19-14)20-15-7-11(2)21-23-15/h7,9-10,12H,4-6H2,1-3H3,(H,19,20)/t10-,12-/m0/s1. The molecule has 1 aliphatic heterocycles. The van der Waals surface area contributed by atoms with Crippen molar-refractivity contribution in [2.24, 2.45) is 5.92 Å². The third-order valence-corrected chi connectivity index (χ3v) is 5.20. The number of aromatic nitrogens is 3. The van der Waals surface area contributed by atoms with Gasteiger partial charge >= 0.3 is 0 Å². The van der Waals surface area contributed by atoms with E-state index in [1.807, 2.05) is 13.0 Å². The van der Waals surface area contributed by atoms with Crippen molar-refractivity contribution in [2.75, 3.05) is 16.8 Å². The molecule has 2 atom stereocenters. The van der Waals surface area contributed by atoms with E-state index in [1.54, 1.807) is 6.20 Å². The molecule has 0 radical (unpaired) electrons. The van der Waals surface area contributed by atoms with Crippen molar-refractivity contribution >= 4 is 28.2 Å². The van der Waals surface area contributed by atoms with E-state index >= 15 is 0 Å². The Morgan fingerprint density at radius 2 is 2.26 bits per heavy atom. The van der Waals surface area contributed by atoms with Crippen LogP contribution in [0.25, 0.3) is 0 Å². The summed E-state index contributed by atoms with van der Waals surface area (Å²) in [6, 6.07) is 4.46. The Kier molecular flexibility index (Phi) is 4.44. The van der Waals surface area contributed by atoms with Crippen LogP contribution in [0.4, 0.5) is 16.6 Å². The summed E-state index contributed by atoms with van der Waals surface area (Å²) in [5.41, 5.74) is 1.25. The third kappa shape index (κ3) is 3.27. The van der Waals surface area contributed by atoms with Crippen LogP contribution >= 0.6 is 11.5 Å². The first-order chi connectivity index (χ1) is 11.1. The molecule has 3 rings (SSSR count). The zero-order chi connectivity index (χ0) is 16.4. The monoisotopic (exact) mass is 328 g/mol. The van der Waals surface area contributed by atoms with Crippen molar-refractivity contribution in [1.82, 2.24) is 14.3 Å². The summed E-state index contributed by atoms with van der Waals surface area (Å²) in [4.78, 5) is 11.2. The molecule has 6 nitrogen and oxygen atoms in total. The fourth-order valence-electron chi connectivity index (χ4n) is 2.89. The summed E-state index contributed by atoms with van der Waals surface area (Å²) in [6.07, 6.45) is 4.10. The number of nitrogens with zero attached hydrogens (tertiary/aromatic N) is 5. The van der Waals surface area contributed by atoms with Crippen molar-refractivity contribution in [3.63, 3.8) is 0 Å². The van der Waals surface area contributed by atoms with Gasteiger partial charge in [0.25, 0.3) is 0 Å². The van der Waals surface area contributed by atoms with Crippen LogP contribution in [0.1, 0.15) is 38.1 Å². The van der Waals surface area contributed by atoms with Gasteiger partial charge in [0.1, 0.15) is 16.9 Å². The Labute approximate surface area is 140 Å². The lowest BCUT2D eigenvalue weighted by molar-refractivity contribution is 0.361. The molecule has 0 amide bonds. The molecule has 120 valence electrons. The van der Waals surface area contributed by atoms with Gasteiger partial charge in [0.15, 0.2) is 11.5 Å². The summed E-state index contributed by atoms with van der Waals surface area (Å²) in [6.45, 7) is 7.41. The average Bonchev–Trinajstić information content (AvgIpc) is 2.95. The second kappa shape index (κ2) is 6.50. The van der Waals surface area contributed by atoms with Crippen molar-refractivity contribution in [3.05, 3.63) is 23.7 Å². The van der Waals surface area contributed by atoms with E-state index < -0.39 is 0 Å². The normalized spacial score (nSPS) is 21.0. The fraction of sp³-hybridized carbons (Fsp3) is 0.500. The summed E-state index contributed by atoms with van der Waals surface area (Å²) >= 11 is 1.35. The first-order valence-corrected chi connectivity index (χ1v) is 8.60. The number of anilines is 3. The van der Waals surface area contributed by atoms with E-state index in [9.17, 15) is 5.26 Å². The van der Waals surface area contributed by atoms with Gasteiger partial charge in [-0.3, -0.25) is 0 Å². The van der Waals surface area contributed by atoms with Gasteiger partial charge in [-0.25, -0.2) is 9.97 Å². The second-order valence-electron chi connectivity index (χ2n) is 6.05. The summed E-state index contributed by atoms with van der Waals surface area (Å²) in [5, 5.41) is 13.3. The topological polar surface area (TPSA) is 77.7 Å². The Hall–Kier alpha value is -2.20. The van der Waals surface area contributed by atoms with E-state index in [0.717, 1.165) is 29.5 Å². The quantitative estimate of drug-likeness (QED) is 0.929. The molecular formula is C16H20N6S. The lowest BCUT2D eigenvalue weighted by Crippen LogP contribution is -2.43. The zero-order valence-electron chi connectivity index (χ0n) is 13.6. The molecule has 0 unspecified atom stereocenters. The van der Waals surface area contributed by atoms with Crippen LogP contribution in [0.15, 0.2) is 12.3 Å². The van der Waals surface area contributed by atoms with Gasteiger partial charge in [-0.05, 0) is 50.2 Å². The molecule has 23 heavy (non-hydrogen) atoms. The van der Waals surface area contributed by atoms with Gasteiger partial charge in [0.05, 0.1) is 11.9 Å². The molecular weight excluding hydrogens is 308 g/mol. The highest BCUT2D eigenvalue weighted by Crippen LogP contribution is 2.29. The number of nitrogens with one attached hydrogen (secondary N) is 1. The Morgan fingerprint density at radius 3 is 2.96 bits per heavy atom. The average molecular weight is 328 g/mol. The molecule has 0 aliphatic carbocycles. The fourth-order valence-corrected chi connectivity index (χ4v) is 3.55. The molecule has 0 saturated carbocycles. The predicted molar refractivity (Wildman–Crippen MR) is 92.1 cm³/mol. The molecule has 1 fully saturated rings. The third-order valence-electron chi connectivity index (χ3n) is 4.40. The second-order valence-corrected chi connectivity index (χ2v) is 6.85. The minimum Gasteiger partial charge on any atom is -0.352 e. The number of rotatable bonds is 3. The van der Waals surface area contributed by atoms with Crippen LogP contribution in [0.2, 0.25) is 0 Å². The lowest BCUT2D eigenvalue weighted by Gasteiger charge is -2.38. The van der Waals surface area contributed by atoms with Gasteiger partial charge in [-0.2, -0.15) is 9.64 Å². The van der Waals surface area contributed by atoms with Crippen LogP contribution in [0.3, 0.4) is 0 Å². The van der Waals surface area contributed by atoms with Gasteiger partial charge in [-0.1, -0.05) is 6.92 Å². The molecule has 3 heterocycles. The molecule has 1 saturated heterocycles. The highest BCUT2D eigenvalue weighted by Gasteiger charge is 2.26. The largest absolute Gasteiger partial charge is 0.352 e. The minimum atomic E-state index is 0.303. The first-order valence-electron chi connectivity index (χ1n) is 7.82. The maximum Gasteiger partial charge on any atom is 0.183 e. The maximum atomic E-state index is 9.28. The van der Waals surface area contributed by atoms with E-state index in [1.165, 1.54) is 18.0 Å². The van der Waals surface area contributed by atoms with Crippen LogP contribution in [0, 0.1) is 24.2 Å². The van der Waals surface area contributed by atoms with Crippen LogP contribution < -0.4 is 10.2 Å². The molecule has 7 heteroatoms. The predicted octanol–water partition coefficient (Wildman–Crippen LogP) is 3.48. The summed E-state index contributed by atoms with van der Waals surface area (Å²) < 4.78 is 4.24. The summed E-state index contributed by atoms with van der Waals surface area (Å²) in [7, 11) is 0. The van der Waals surface area contributed by atoms with Gasteiger partial charge in [0, 0.05) is 12.6 Å². The molecule has 0 spiro atoms. The number of hydrogen-bond donors (Lipinski definition) is 1. The number of hydrogen-bond acceptors (Lipinski definition) is 7. The van der Waals surface area contributed by atoms with E-state index in [0.29, 0.717) is 23.5 Å². The molecule has 2 aromatic heterocycles. The van der Waals surface area contributed by atoms with Crippen molar-refractivity contribution in [1.29, 1.82) is 5.26 Å². The minimum absolute atomic E-state index is 0.303. The Bertz CT molecular complexity index is 734. The highest BCUT2D eigenvalue weighted by molar-refractivity contribution is 7.10. The highest BCUT2D eigenvalue weighted by atomic mass is 32.1. The number of piperidine rings is 1. The maximum absolute atomic E-state index is 9.28. The number of aryl methyl sites for hydroxylation is 1. The van der Waals surface area contributed by atoms with Crippen molar-refractivity contribution in [3.8, 4) is 6.07 Å².